The molecule has 0 aromatic carbocycles. The van der Waals surface area contributed by atoms with Crippen molar-refractivity contribution in [1.82, 2.24) is 15.1 Å². The number of hydrogen-bond donors (Lipinski definition) is 2. The first-order chi connectivity index (χ1) is 11.7. The number of rotatable bonds is 4. The van der Waals surface area contributed by atoms with Gasteiger partial charge in [-0.05, 0) is 44.1 Å². The summed E-state index contributed by atoms with van der Waals surface area (Å²) in [5.74, 6) is 2.40. The number of hydrogen-bond acceptors (Lipinski definition) is 7. The van der Waals surface area contributed by atoms with E-state index in [2.05, 4.69) is 15.5 Å². The summed E-state index contributed by atoms with van der Waals surface area (Å²) in [6.45, 7) is 1.90. The molecule has 1 saturated carbocycles. The minimum Gasteiger partial charge on any atom is -0.393 e. The van der Waals surface area contributed by atoms with E-state index in [1.807, 2.05) is 24.4 Å². The number of nitrogens with zero attached hydrogens (tertiary/aromatic N) is 3. The second-order valence-corrected chi connectivity index (χ2v) is 7.30. The molecule has 2 N–H and O–H groups in total. The van der Waals surface area contributed by atoms with Crippen LogP contribution in [-0.4, -0.2) is 32.4 Å². The van der Waals surface area contributed by atoms with Gasteiger partial charge in [0.1, 0.15) is 17.4 Å². The molecule has 3 aromatic rings. The fraction of sp³-hybridized carbons (Fsp3) is 0.471. The van der Waals surface area contributed by atoms with Gasteiger partial charge in [-0.2, -0.15) is 0 Å². The lowest BCUT2D eigenvalue weighted by atomic mass is 9.93. The van der Waals surface area contributed by atoms with Crippen LogP contribution >= 0.6 is 11.3 Å². The predicted molar refractivity (Wildman–Crippen MR) is 93.3 cm³/mol. The van der Waals surface area contributed by atoms with E-state index in [4.69, 9.17) is 9.51 Å². The SMILES string of the molecule is Cc1cc(Cc2nc(NC3CCC(O)CC3)c3sccc3n2)on1. The Kier molecular flexibility index (Phi) is 4.20. The third-order valence-electron chi connectivity index (χ3n) is 4.40. The van der Waals surface area contributed by atoms with E-state index in [9.17, 15) is 5.11 Å². The Labute approximate surface area is 143 Å². The number of aromatic nitrogens is 3. The van der Waals surface area contributed by atoms with Gasteiger partial charge in [-0.25, -0.2) is 9.97 Å². The van der Waals surface area contributed by atoms with E-state index in [1.54, 1.807) is 11.3 Å². The van der Waals surface area contributed by atoms with Crippen LogP contribution in [0.15, 0.2) is 22.0 Å². The lowest BCUT2D eigenvalue weighted by Crippen LogP contribution is -2.28. The normalized spacial score (nSPS) is 21.2. The first kappa shape index (κ1) is 15.5. The summed E-state index contributed by atoms with van der Waals surface area (Å²) in [7, 11) is 0. The minimum atomic E-state index is -0.152. The molecule has 126 valence electrons. The summed E-state index contributed by atoms with van der Waals surface area (Å²) in [5, 5.41) is 19.2. The topological polar surface area (TPSA) is 84.1 Å². The van der Waals surface area contributed by atoms with E-state index in [0.717, 1.165) is 59.0 Å². The van der Waals surface area contributed by atoms with Crippen LogP contribution in [0.4, 0.5) is 5.82 Å². The summed E-state index contributed by atoms with van der Waals surface area (Å²) in [4.78, 5) is 9.37. The van der Waals surface area contributed by atoms with Gasteiger partial charge in [-0.1, -0.05) is 5.16 Å². The smallest absolute Gasteiger partial charge is 0.148 e. The third kappa shape index (κ3) is 3.27. The van der Waals surface area contributed by atoms with E-state index >= 15 is 0 Å². The molecule has 0 atom stereocenters. The maximum Gasteiger partial charge on any atom is 0.148 e. The zero-order chi connectivity index (χ0) is 16.5. The van der Waals surface area contributed by atoms with Crippen LogP contribution in [0.3, 0.4) is 0 Å². The lowest BCUT2D eigenvalue weighted by Gasteiger charge is -2.26. The van der Waals surface area contributed by atoms with Crippen molar-refractivity contribution in [2.45, 2.75) is 51.2 Å². The Balaban J connectivity index is 1.60. The highest BCUT2D eigenvalue weighted by atomic mass is 32.1. The highest BCUT2D eigenvalue weighted by Crippen LogP contribution is 2.29. The van der Waals surface area contributed by atoms with Gasteiger partial charge in [0.2, 0.25) is 0 Å². The van der Waals surface area contributed by atoms with Crippen LogP contribution in [0.5, 0.6) is 0 Å². The molecule has 1 aliphatic rings. The number of nitrogens with one attached hydrogen (secondary N) is 1. The number of fused-ring (bicyclic) bond motifs is 1. The number of aliphatic hydroxyl groups excluding tert-OH is 1. The monoisotopic (exact) mass is 344 g/mol. The average molecular weight is 344 g/mol. The van der Waals surface area contributed by atoms with Gasteiger partial charge in [0.15, 0.2) is 0 Å². The van der Waals surface area contributed by atoms with Crippen LogP contribution in [-0.2, 0) is 6.42 Å². The van der Waals surface area contributed by atoms with E-state index in [0.29, 0.717) is 12.5 Å². The molecule has 0 amide bonds. The molecule has 3 aromatic heterocycles. The van der Waals surface area contributed by atoms with Crippen LogP contribution < -0.4 is 5.32 Å². The number of aryl methyl sites for hydroxylation is 1. The highest BCUT2D eigenvalue weighted by Gasteiger charge is 2.21. The van der Waals surface area contributed by atoms with Gasteiger partial charge in [0.05, 0.1) is 28.4 Å². The lowest BCUT2D eigenvalue weighted by molar-refractivity contribution is 0.126. The predicted octanol–water partition coefficient (Wildman–Crippen LogP) is 3.29. The Bertz CT molecular complexity index is 836. The van der Waals surface area contributed by atoms with Crippen molar-refractivity contribution in [3.8, 4) is 0 Å². The van der Waals surface area contributed by atoms with Crippen molar-refractivity contribution in [2.24, 2.45) is 0 Å². The van der Waals surface area contributed by atoms with E-state index < -0.39 is 0 Å². The maximum atomic E-state index is 9.67. The summed E-state index contributed by atoms with van der Waals surface area (Å²) in [5.41, 5.74) is 1.82. The Hall–Kier alpha value is -1.99. The largest absolute Gasteiger partial charge is 0.393 e. The summed E-state index contributed by atoms with van der Waals surface area (Å²) < 4.78 is 6.37. The van der Waals surface area contributed by atoms with Crippen molar-refractivity contribution in [1.29, 1.82) is 0 Å². The second kappa shape index (κ2) is 6.49. The Morgan fingerprint density at radius 2 is 2.12 bits per heavy atom. The molecular formula is C17H20N4O2S. The average Bonchev–Trinajstić information content (AvgIpc) is 3.19. The van der Waals surface area contributed by atoms with Gasteiger partial charge >= 0.3 is 0 Å². The quantitative estimate of drug-likeness (QED) is 0.755. The van der Waals surface area contributed by atoms with Crippen molar-refractivity contribution in [3.63, 3.8) is 0 Å². The van der Waals surface area contributed by atoms with Gasteiger partial charge in [-0.3, -0.25) is 0 Å². The summed E-state index contributed by atoms with van der Waals surface area (Å²) in [6.07, 6.45) is 4.01. The molecule has 0 bridgehead atoms. The second-order valence-electron chi connectivity index (χ2n) is 6.38. The van der Waals surface area contributed by atoms with Crippen molar-refractivity contribution >= 4 is 27.4 Å². The highest BCUT2D eigenvalue weighted by molar-refractivity contribution is 7.17. The molecule has 7 heteroatoms. The van der Waals surface area contributed by atoms with Gasteiger partial charge in [-0.15, -0.1) is 11.3 Å². The maximum absolute atomic E-state index is 9.67. The van der Waals surface area contributed by atoms with Crippen LogP contribution in [0, 0.1) is 6.92 Å². The van der Waals surface area contributed by atoms with Crippen LogP contribution in [0.2, 0.25) is 0 Å². The summed E-state index contributed by atoms with van der Waals surface area (Å²) in [6, 6.07) is 4.29. The fourth-order valence-corrected chi connectivity index (χ4v) is 3.94. The first-order valence-electron chi connectivity index (χ1n) is 8.28. The molecular weight excluding hydrogens is 324 g/mol. The van der Waals surface area contributed by atoms with Crippen LogP contribution in [0.1, 0.15) is 43.0 Å². The molecule has 0 spiro atoms. The number of anilines is 1. The van der Waals surface area contributed by atoms with Crippen molar-refractivity contribution in [2.75, 3.05) is 5.32 Å². The molecule has 6 nitrogen and oxygen atoms in total. The van der Waals surface area contributed by atoms with Crippen LogP contribution in [0.25, 0.3) is 10.2 Å². The molecule has 4 rings (SSSR count). The van der Waals surface area contributed by atoms with Gasteiger partial charge in [0, 0.05) is 12.1 Å². The standard InChI is InChI=1S/C17H20N4O2S/c1-10-8-13(23-21-10)9-15-19-14-6-7-24-16(14)17(20-15)18-11-2-4-12(22)5-3-11/h6-8,11-12,22H,2-5,9H2,1H3,(H,18,19,20). The van der Waals surface area contributed by atoms with Gasteiger partial charge < -0.3 is 14.9 Å². The number of aliphatic hydroxyl groups is 1. The van der Waals surface area contributed by atoms with E-state index in [-0.39, 0.29) is 6.10 Å². The first-order valence-corrected chi connectivity index (χ1v) is 9.16. The number of thiophene rings is 1. The van der Waals surface area contributed by atoms with Crippen molar-refractivity contribution < 1.29 is 9.63 Å². The zero-order valence-corrected chi connectivity index (χ0v) is 14.3. The third-order valence-corrected chi connectivity index (χ3v) is 5.31. The summed E-state index contributed by atoms with van der Waals surface area (Å²) >= 11 is 1.65. The van der Waals surface area contributed by atoms with Crippen molar-refractivity contribution in [3.05, 3.63) is 34.8 Å². The molecule has 1 aliphatic carbocycles. The zero-order valence-electron chi connectivity index (χ0n) is 13.5. The fourth-order valence-electron chi connectivity index (χ4n) is 3.16. The molecule has 0 saturated heterocycles. The molecule has 24 heavy (non-hydrogen) atoms. The Morgan fingerprint density at radius 1 is 1.29 bits per heavy atom. The Morgan fingerprint density at radius 3 is 2.88 bits per heavy atom. The molecule has 0 unspecified atom stereocenters. The molecule has 1 fully saturated rings. The molecule has 3 heterocycles. The van der Waals surface area contributed by atoms with E-state index in [1.165, 1.54) is 0 Å². The van der Waals surface area contributed by atoms with Gasteiger partial charge in [0.25, 0.3) is 0 Å². The molecule has 0 aliphatic heterocycles. The molecule has 0 radical (unpaired) electrons. The minimum absolute atomic E-state index is 0.152.